The molecule has 1 aliphatic rings. The molecule has 2 atom stereocenters. The topological polar surface area (TPSA) is 129 Å². The number of aromatic amines is 2. The molecule has 0 aliphatic heterocycles. The highest BCUT2D eigenvalue weighted by Gasteiger charge is 2.22. The molecule has 0 amide bonds. The van der Waals surface area contributed by atoms with Crippen LogP contribution >= 0.6 is 0 Å². The zero-order chi connectivity index (χ0) is 36.3. The summed E-state index contributed by atoms with van der Waals surface area (Å²) in [6, 6.07) is 8.80. The number of benzene rings is 1. The van der Waals surface area contributed by atoms with Crippen LogP contribution in [0.1, 0.15) is 121 Å². The van der Waals surface area contributed by atoms with Crippen LogP contribution in [0.3, 0.4) is 0 Å². The lowest BCUT2D eigenvalue weighted by Crippen LogP contribution is -2.31. The van der Waals surface area contributed by atoms with E-state index in [0.717, 1.165) is 102 Å². The van der Waals surface area contributed by atoms with Gasteiger partial charge in [0.25, 0.3) is 0 Å². The minimum atomic E-state index is -0.999. The maximum Gasteiger partial charge on any atom is 0.511 e. The number of H-pyrrole nitrogens is 2. The van der Waals surface area contributed by atoms with Crippen molar-refractivity contribution in [3.05, 3.63) is 71.8 Å². The molecule has 12 nitrogen and oxygen atoms in total. The van der Waals surface area contributed by atoms with Gasteiger partial charge in [0.2, 0.25) is 6.29 Å². The predicted octanol–water partition coefficient (Wildman–Crippen LogP) is 7.37. The van der Waals surface area contributed by atoms with Gasteiger partial charge in [0.1, 0.15) is 17.8 Å². The van der Waals surface area contributed by atoms with Crippen LogP contribution in [0, 0.1) is 0 Å². The van der Waals surface area contributed by atoms with Crippen LogP contribution in [0.4, 0.5) is 4.79 Å². The first-order valence-electron chi connectivity index (χ1n) is 19.1. The summed E-state index contributed by atoms with van der Waals surface area (Å²) >= 11 is 0. The van der Waals surface area contributed by atoms with Crippen molar-refractivity contribution in [1.29, 1.82) is 0 Å². The highest BCUT2D eigenvalue weighted by Crippen LogP contribution is 2.23. The molecule has 0 radical (unpaired) electrons. The second-order valence-corrected chi connectivity index (χ2v) is 13.8. The molecule has 2 N–H and O–H groups in total. The second-order valence-electron chi connectivity index (χ2n) is 13.8. The lowest BCUT2D eigenvalue weighted by Gasteiger charge is -2.27. The Kier molecular flexibility index (Phi) is 17.5. The van der Waals surface area contributed by atoms with E-state index in [2.05, 4.69) is 79.7 Å². The fraction of sp³-hybridized carbons (Fsp3) is 0.641. The first-order valence-corrected chi connectivity index (χ1v) is 19.1. The van der Waals surface area contributed by atoms with Crippen molar-refractivity contribution >= 4 is 12.1 Å². The van der Waals surface area contributed by atoms with Crippen LogP contribution in [0.2, 0.25) is 0 Å². The number of carbonyl (C=O) groups is 2. The number of aromatic nitrogens is 4. The van der Waals surface area contributed by atoms with E-state index in [-0.39, 0.29) is 18.6 Å². The van der Waals surface area contributed by atoms with Gasteiger partial charge in [-0.05, 0) is 95.6 Å². The Labute approximate surface area is 304 Å². The molecule has 0 spiro atoms. The average molecular weight is 708 g/mol. The van der Waals surface area contributed by atoms with Crippen molar-refractivity contribution in [3.8, 4) is 0 Å². The number of carbonyl (C=O) groups excluding carboxylic acids is 2. The molecule has 1 aliphatic carbocycles. The van der Waals surface area contributed by atoms with E-state index in [1.54, 1.807) is 19.3 Å². The molecule has 4 rings (SSSR count). The van der Waals surface area contributed by atoms with Gasteiger partial charge in [-0.15, -0.1) is 0 Å². The van der Waals surface area contributed by atoms with E-state index in [0.29, 0.717) is 13.1 Å². The number of hydrogen-bond acceptors (Lipinski definition) is 10. The number of unbranched alkanes of at least 4 members (excludes halogenated alkanes) is 1. The highest BCUT2D eigenvalue weighted by atomic mass is 16.8. The molecule has 1 fully saturated rings. The zero-order valence-electron chi connectivity index (χ0n) is 31.4. The Morgan fingerprint density at radius 1 is 0.784 bits per heavy atom. The third-order valence-corrected chi connectivity index (χ3v) is 9.47. The Bertz CT molecular complexity index is 1360. The van der Waals surface area contributed by atoms with Gasteiger partial charge in [0, 0.05) is 51.3 Å². The lowest BCUT2D eigenvalue weighted by atomic mass is 9.98. The van der Waals surface area contributed by atoms with Gasteiger partial charge in [0.05, 0.1) is 19.0 Å². The van der Waals surface area contributed by atoms with Crippen LogP contribution < -0.4 is 0 Å². The van der Waals surface area contributed by atoms with Crippen LogP contribution in [-0.4, -0.2) is 91.9 Å². The second kappa shape index (κ2) is 22.3. The molecule has 1 saturated carbocycles. The molecule has 0 bridgehead atoms. The van der Waals surface area contributed by atoms with Crippen LogP contribution in [-0.2, 0) is 38.6 Å². The van der Waals surface area contributed by atoms with Gasteiger partial charge < -0.3 is 29.1 Å². The Hall–Kier alpha value is -3.74. The number of nitrogens with zero attached hydrogens (tertiary/aromatic N) is 5. The maximum atomic E-state index is 12.8. The number of imidazole rings is 2. The highest BCUT2D eigenvalue weighted by molar-refractivity contribution is 5.70. The van der Waals surface area contributed by atoms with Crippen LogP contribution in [0.5, 0.6) is 0 Å². The van der Waals surface area contributed by atoms with Gasteiger partial charge in [-0.3, -0.25) is 14.6 Å². The smallest absolute Gasteiger partial charge is 0.431 e. The molecule has 2 unspecified atom stereocenters. The molecular formula is C39H61N7O5. The van der Waals surface area contributed by atoms with Crippen molar-refractivity contribution in [2.24, 2.45) is 0 Å². The van der Waals surface area contributed by atoms with E-state index in [1.165, 1.54) is 17.5 Å². The minimum Gasteiger partial charge on any atom is -0.431 e. The molecule has 2 aromatic heterocycles. The third kappa shape index (κ3) is 14.8. The number of ether oxygens (including phenoxy) is 3. The minimum absolute atomic E-state index is 0.0706. The Morgan fingerprint density at radius 2 is 1.43 bits per heavy atom. The largest absolute Gasteiger partial charge is 0.511 e. The lowest BCUT2D eigenvalue weighted by molar-refractivity contribution is -0.169. The van der Waals surface area contributed by atoms with Gasteiger partial charge in [-0.2, -0.15) is 0 Å². The monoisotopic (exact) mass is 707 g/mol. The molecule has 51 heavy (non-hydrogen) atoms. The summed E-state index contributed by atoms with van der Waals surface area (Å²) in [6.45, 7) is 15.1. The molecule has 2 heterocycles. The Balaban J connectivity index is 1.32. The molecule has 12 heteroatoms. The third-order valence-electron chi connectivity index (χ3n) is 9.47. The van der Waals surface area contributed by atoms with E-state index in [4.69, 9.17) is 14.2 Å². The molecular weight excluding hydrogens is 646 g/mol. The first-order chi connectivity index (χ1) is 24.8. The molecule has 3 aromatic rings. The molecule has 0 saturated heterocycles. The summed E-state index contributed by atoms with van der Waals surface area (Å²) in [5, 5.41) is 0. The number of rotatable bonds is 23. The van der Waals surface area contributed by atoms with Gasteiger partial charge in [-0.25, -0.2) is 14.8 Å². The molecule has 282 valence electrons. The number of nitrogens with one attached hydrogen (secondary N) is 2. The number of esters is 1. The standard InChI is InChI=1S/C39H61N7O5/c1-5-23-44(24-6-2)25-10-11-26-45(27-18-37(47)49-32(4)50-39(48)51-35-12-8-7-9-13-35)28-33-14-16-34(17-15-33)29-46(30-36-40-19-20-41-36)31(3)38-42-21-22-43-38/h14-17,19-22,31-32,35H,5-13,18,23-30H2,1-4H3,(H,40,41)(H,42,43). The average Bonchev–Trinajstić information content (AvgIpc) is 3.85. The zero-order valence-corrected chi connectivity index (χ0v) is 31.4. The van der Waals surface area contributed by atoms with Crippen molar-refractivity contribution in [2.45, 2.75) is 130 Å². The predicted molar refractivity (Wildman–Crippen MR) is 197 cm³/mol. The van der Waals surface area contributed by atoms with E-state index in [1.807, 2.05) is 12.4 Å². The van der Waals surface area contributed by atoms with Crippen molar-refractivity contribution in [3.63, 3.8) is 0 Å². The summed E-state index contributed by atoms with van der Waals surface area (Å²) in [5.41, 5.74) is 2.38. The summed E-state index contributed by atoms with van der Waals surface area (Å²) in [7, 11) is 0. The SMILES string of the molecule is CCCN(CCC)CCCCN(CCC(=O)OC(C)OC(=O)OC1CCCCC1)Cc1ccc(CN(Cc2ncc[nH]2)C(C)c2ncc[nH]2)cc1. The summed E-state index contributed by atoms with van der Waals surface area (Å²) in [4.78, 5) is 47.7. The Morgan fingerprint density at radius 3 is 2.06 bits per heavy atom. The van der Waals surface area contributed by atoms with Crippen LogP contribution in [0.25, 0.3) is 0 Å². The van der Waals surface area contributed by atoms with E-state index in [9.17, 15) is 9.59 Å². The summed E-state index contributed by atoms with van der Waals surface area (Å²) in [6.07, 6.45) is 15.0. The van der Waals surface area contributed by atoms with Gasteiger partial charge in [-0.1, -0.05) is 44.5 Å². The fourth-order valence-corrected chi connectivity index (χ4v) is 6.74. The van der Waals surface area contributed by atoms with E-state index < -0.39 is 18.4 Å². The molecule has 1 aromatic carbocycles. The quantitative estimate of drug-likeness (QED) is 0.0586. The van der Waals surface area contributed by atoms with Gasteiger partial charge in [0.15, 0.2) is 0 Å². The maximum absolute atomic E-state index is 12.8. The van der Waals surface area contributed by atoms with Crippen molar-refractivity contribution in [2.75, 3.05) is 32.7 Å². The fourth-order valence-electron chi connectivity index (χ4n) is 6.74. The summed E-state index contributed by atoms with van der Waals surface area (Å²) in [5.74, 6) is 1.43. The summed E-state index contributed by atoms with van der Waals surface area (Å²) < 4.78 is 16.1. The van der Waals surface area contributed by atoms with E-state index >= 15 is 0 Å². The normalized spacial score (nSPS) is 15.0. The van der Waals surface area contributed by atoms with Crippen LogP contribution in [0.15, 0.2) is 49.1 Å². The number of hydrogen-bond donors (Lipinski definition) is 2. The van der Waals surface area contributed by atoms with Crippen molar-refractivity contribution in [1.82, 2.24) is 34.6 Å². The first kappa shape index (κ1) is 40.0. The van der Waals surface area contributed by atoms with Gasteiger partial charge >= 0.3 is 12.1 Å². The van der Waals surface area contributed by atoms with Crippen molar-refractivity contribution < 1.29 is 23.8 Å².